The summed E-state index contributed by atoms with van der Waals surface area (Å²) in [5.74, 6) is 1.18. The van der Waals surface area contributed by atoms with Gasteiger partial charge < -0.3 is 14.8 Å². The molecular formula is C16H14N4O3. The number of nitrogens with one attached hydrogen (secondary N) is 1. The molecule has 1 aliphatic heterocycles. The average molecular weight is 310 g/mol. The topological polar surface area (TPSA) is 77.8 Å². The maximum absolute atomic E-state index is 12.3. The lowest BCUT2D eigenvalue weighted by molar-refractivity contribution is 0.0790. The van der Waals surface area contributed by atoms with E-state index < -0.39 is 0 Å². The number of para-hydroxylation sites is 2. The van der Waals surface area contributed by atoms with Crippen molar-refractivity contribution in [2.45, 2.75) is 6.10 Å². The fraction of sp³-hybridized carbons (Fsp3) is 0.188. The Balaban J connectivity index is 1.43. The van der Waals surface area contributed by atoms with E-state index in [9.17, 15) is 4.79 Å². The number of hydrogen-bond donors (Lipinski definition) is 1. The summed E-state index contributed by atoms with van der Waals surface area (Å²) in [5.41, 5.74) is 0.957. The lowest BCUT2D eigenvalue weighted by Gasteiger charge is -2.26. The Morgan fingerprint density at radius 3 is 3.09 bits per heavy atom. The second-order valence-corrected chi connectivity index (χ2v) is 5.15. The van der Waals surface area contributed by atoms with Gasteiger partial charge in [0.15, 0.2) is 17.1 Å². The predicted molar refractivity (Wildman–Crippen MR) is 81.7 cm³/mol. The van der Waals surface area contributed by atoms with Crippen LogP contribution in [0.25, 0.3) is 5.65 Å². The van der Waals surface area contributed by atoms with Crippen molar-refractivity contribution < 1.29 is 14.3 Å². The van der Waals surface area contributed by atoms with E-state index >= 15 is 0 Å². The number of ether oxygens (including phenoxy) is 2. The molecule has 0 unspecified atom stereocenters. The molecule has 0 aliphatic carbocycles. The molecule has 0 radical (unpaired) electrons. The number of carbonyl (C=O) groups excluding carboxylic acids is 1. The van der Waals surface area contributed by atoms with Crippen LogP contribution in [0.15, 0.2) is 48.9 Å². The highest BCUT2D eigenvalue weighted by Gasteiger charge is 2.22. The molecule has 0 saturated carbocycles. The van der Waals surface area contributed by atoms with E-state index in [-0.39, 0.29) is 12.0 Å². The van der Waals surface area contributed by atoms with Crippen molar-refractivity contribution in [3.05, 3.63) is 54.5 Å². The smallest absolute Gasteiger partial charge is 0.256 e. The summed E-state index contributed by atoms with van der Waals surface area (Å²) >= 11 is 0. The second-order valence-electron chi connectivity index (χ2n) is 5.15. The average Bonchev–Trinajstić information content (AvgIpc) is 3.03. The van der Waals surface area contributed by atoms with Crippen LogP contribution in [0.3, 0.4) is 0 Å². The van der Waals surface area contributed by atoms with Crippen LogP contribution < -0.4 is 14.8 Å². The van der Waals surface area contributed by atoms with Crippen LogP contribution in [-0.4, -0.2) is 39.8 Å². The zero-order chi connectivity index (χ0) is 15.6. The molecule has 1 aliphatic rings. The van der Waals surface area contributed by atoms with E-state index in [1.165, 1.54) is 6.20 Å². The van der Waals surface area contributed by atoms with Crippen molar-refractivity contribution in [2.75, 3.05) is 13.2 Å². The fourth-order valence-corrected chi connectivity index (χ4v) is 2.45. The summed E-state index contributed by atoms with van der Waals surface area (Å²) in [6, 6.07) is 9.23. The van der Waals surface area contributed by atoms with Crippen molar-refractivity contribution in [2.24, 2.45) is 0 Å². The largest absolute Gasteiger partial charge is 0.486 e. The Bertz CT molecular complexity index is 861. The molecule has 0 saturated heterocycles. The van der Waals surface area contributed by atoms with Crippen LogP contribution in [0, 0.1) is 0 Å². The molecule has 3 aromatic rings. The van der Waals surface area contributed by atoms with E-state index in [4.69, 9.17) is 9.47 Å². The first-order valence-corrected chi connectivity index (χ1v) is 7.26. The Kier molecular flexibility index (Phi) is 3.30. The Labute approximate surface area is 131 Å². The van der Waals surface area contributed by atoms with Crippen LogP contribution in [0.5, 0.6) is 11.5 Å². The quantitative estimate of drug-likeness (QED) is 0.789. The highest BCUT2D eigenvalue weighted by atomic mass is 16.6. The van der Waals surface area contributed by atoms with Gasteiger partial charge in [0.05, 0.1) is 12.7 Å². The minimum atomic E-state index is -0.235. The molecule has 4 rings (SSSR count). The number of nitrogens with zero attached hydrogens (tertiary/aromatic N) is 3. The highest BCUT2D eigenvalue weighted by Crippen LogP contribution is 2.30. The summed E-state index contributed by atoms with van der Waals surface area (Å²) in [5, 5.41) is 6.94. The monoisotopic (exact) mass is 310 g/mol. The zero-order valence-corrected chi connectivity index (χ0v) is 12.2. The van der Waals surface area contributed by atoms with Gasteiger partial charge >= 0.3 is 0 Å². The molecule has 1 N–H and O–H groups in total. The number of aromatic nitrogens is 3. The fourth-order valence-electron chi connectivity index (χ4n) is 2.45. The maximum Gasteiger partial charge on any atom is 0.256 e. The first kappa shape index (κ1) is 13.6. The number of hydrogen-bond acceptors (Lipinski definition) is 5. The van der Waals surface area contributed by atoms with Crippen LogP contribution in [0.1, 0.15) is 10.4 Å². The molecule has 23 heavy (non-hydrogen) atoms. The molecule has 0 fully saturated rings. The first-order chi connectivity index (χ1) is 11.3. The Morgan fingerprint density at radius 2 is 2.17 bits per heavy atom. The van der Waals surface area contributed by atoms with Crippen molar-refractivity contribution in [1.29, 1.82) is 0 Å². The highest BCUT2D eigenvalue weighted by molar-refractivity contribution is 5.99. The summed E-state index contributed by atoms with van der Waals surface area (Å²) in [6.45, 7) is 0.738. The normalized spacial score (nSPS) is 16.3. The molecule has 2 aromatic heterocycles. The number of benzene rings is 1. The van der Waals surface area contributed by atoms with Gasteiger partial charge in [-0.1, -0.05) is 12.1 Å². The van der Waals surface area contributed by atoms with Crippen molar-refractivity contribution in [1.82, 2.24) is 19.9 Å². The molecule has 0 bridgehead atoms. The molecule has 1 atom stereocenters. The van der Waals surface area contributed by atoms with Gasteiger partial charge in [-0.3, -0.25) is 4.79 Å². The van der Waals surface area contributed by atoms with Crippen molar-refractivity contribution >= 4 is 11.6 Å². The Morgan fingerprint density at radius 1 is 1.30 bits per heavy atom. The SMILES string of the molecule is O=C(NC[C@H]1COc2ccccc2O1)c1cnn2cccnc12. The van der Waals surface area contributed by atoms with Gasteiger partial charge in [-0.25, -0.2) is 9.50 Å². The number of amides is 1. The van der Waals surface area contributed by atoms with Crippen LogP contribution in [0.2, 0.25) is 0 Å². The van der Waals surface area contributed by atoms with Crippen molar-refractivity contribution in [3.8, 4) is 11.5 Å². The van der Waals surface area contributed by atoms with Crippen LogP contribution >= 0.6 is 0 Å². The number of rotatable bonds is 3. The number of fused-ring (bicyclic) bond motifs is 2. The van der Waals surface area contributed by atoms with Crippen LogP contribution in [-0.2, 0) is 0 Å². The molecular weight excluding hydrogens is 296 g/mol. The zero-order valence-electron chi connectivity index (χ0n) is 12.2. The molecule has 7 nitrogen and oxygen atoms in total. The van der Waals surface area contributed by atoms with Crippen molar-refractivity contribution in [3.63, 3.8) is 0 Å². The summed E-state index contributed by atoms with van der Waals surface area (Å²) in [4.78, 5) is 16.5. The molecule has 0 spiro atoms. The third-order valence-corrected chi connectivity index (χ3v) is 3.58. The Hall–Kier alpha value is -3.09. The first-order valence-electron chi connectivity index (χ1n) is 7.26. The lowest BCUT2D eigenvalue weighted by atomic mass is 10.2. The van der Waals surface area contributed by atoms with Crippen LogP contribution in [0.4, 0.5) is 0 Å². The molecule has 1 aromatic carbocycles. The van der Waals surface area contributed by atoms with Gasteiger partial charge in [0.2, 0.25) is 0 Å². The van der Waals surface area contributed by atoms with Gasteiger partial charge in [0.1, 0.15) is 18.3 Å². The second kappa shape index (κ2) is 5.60. The van der Waals surface area contributed by atoms with Gasteiger partial charge in [-0.2, -0.15) is 5.10 Å². The summed E-state index contributed by atoms with van der Waals surface area (Å²) in [7, 11) is 0. The maximum atomic E-state index is 12.3. The predicted octanol–water partition coefficient (Wildman–Crippen LogP) is 1.30. The van der Waals surface area contributed by atoms with Gasteiger partial charge in [-0.05, 0) is 18.2 Å². The van der Waals surface area contributed by atoms with Gasteiger partial charge in [0.25, 0.3) is 5.91 Å². The molecule has 3 heterocycles. The summed E-state index contributed by atoms with van der Waals surface area (Å²) < 4.78 is 13.0. The van der Waals surface area contributed by atoms with Gasteiger partial charge in [0, 0.05) is 12.4 Å². The minimum Gasteiger partial charge on any atom is -0.486 e. The molecule has 1 amide bonds. The third kappa shape index (κ3) is 2.57. The van der Waals surface area contributed by atoms with Gasteiger partial charge in [-0.15, -0.1) is 0 Å². The van der Waals surface area contributed by atoms with E-state index in [1.54, 1.807) is 23.0 Å². The third-order valence-electron chi connectivity index (χ3n) is 3.58. The van der Waals surface area contributed by atoms with E-state index in [1.807, 2.05) is 24.3 Å². The molecule has 7 heteroatoms. The minimum absolute atomic E-state index is 0.233. The number of carbonyl (C=O) groups is 1. The van der Waals surface area contributed by atoms with E-state index in [2.05, 4.69) is 15.4 Å². The standard InChI is InChI=1S/C16H14N4O3/c21-16(12-9-19-20-7-3-6-17-15(12)20)18-8-11-10-22-13-4-1-2-5-14(13)23-11/h1-7,9,11H,8,10H2,(H,18,21)/t11-/m0/s1. The van der Waals surface area contributed by atoms with E-state index in [0.717, 1.165) is 5.75 Å². The lowest BCUT2D eigenvalue weighted by Crippen LogP contribution is -2.40. The molecule has 116 valence electrons. The van der Waals surface area contributed by atoms with E-state index in [0.29, 0.717) is 30.1 Å². The summed E-state index contributed by atoms with van der Waals surface area (Å²) in [6.07, 6.45) is 4.64.